The highest BCUT2D eigenvalue weighted by Crippen LogP contribution is 2.43. The van der Waals surface area contributed by atoms with E-state index in [1.165, 1.54) is 0 Å². The fourth-order valence-corrected chi connectivity index (χ4v) is 4.92. The van der Waals surface area contributed by atoms with Crippen molar-refractivity contribution in [3.8, 4) is 0 Å². The van der Waals surface area contributed by atoms with Crippen molar-refractivity contribution in [2.75, 3.05) is 24.5 Å². The topological polar surface area (TPSA) is 69.6 Å². The van der Waals surface area contributed by atoms with Crippen LogP contribution in [0.2, 0.25) is 0 Å². The first-order valence-electron chi connectivity index (χ1n) is 9.29. The normalized spacial score (nSPS) is 33.3. The van der Waals surface area contributed by atoms with Crippen molar-refractivity contribution in [2.45, 2.75) is 57.1 Å². The molecule has 1 aliphatic carbocycles. The maximum atomic E-state index is 13.3. The van der Waals surface area contributed by atoms with E-state index in [9.17, 15) is 9.90 Å². The van der Waals surface area contributed by atoms with Gasteiger partial charge in [-0.15, -0.1) is 0 Å². The molecule has 3 heterocycles. The molecule has 1 aromatic heterocycles. The van der Waals surface area contributed by atoms with Crippen molar-refractivity contribution < 1.29 is 9.90 Å². The third kappa shape index (κ3) is 3.28. The van der Waals surface area contributed by atoms with Gasteiger partial charge in [0.2, 0.25) is 11.9 Å². The Labute approximate surface area is 156 Å². The smallest absolute Gasteiger partial charge is 0.230 e. The Morgan fingerprint density at radius 1 is 1.12 bits per heavy atom. The molecular weight excluding hydrogens is 384 g/mol. The van der Waals surface area contributed by atoms with Gasteiger partial charge >= 0.3 is 0 Å². The van der Waals surface area contributed by atoms with Crippen LogP contribution in [0.15, 0.2) is 16.9 Å². The lowest BCUT2D eigenvalue weighted by molar-refractivity contribution is -0.139. The number of nitrogens with zero attached hydrogens (tertiary/aromatic N) is 4. The van der Waals surface area contributed by atoms with E-state index in [0.717, 1.165) is 69.1 Å². The van der Waals surface area contributed by atoms with Crippen molar-refractivity contribution in [2.24, 2.45) is 5.41 Å². The second-order valence-corrected chi connectivity index (χ2v) is 8.63. The number of carbonyl (C=O) groups is 1. The number of aliphatic hydroxyl groups excluding tert-OH is 1. The Morgan fingerprint density at radius 3 is 2.56 bits per heavy atom. The molecule has 2 saturated heterocycles. The van der Waals surface area contributed by atoms with Gasteiger partial charge in [0.05, 0.1) is 16.0 Å². The molecule has 0 radical (unpaired) electrons. The molecule has 2 aliphatic heterocycles. The summed E-state index contributed by atoms with van der Waals surface area (Å²) in [6, 6.07) is 0.314. The van der Waals surface area contributed by atoms with E-state index in [1.807, 2.05) is 0 Å². The lowest BCUT2D eigenvalue weighted by Gasteiger charge is -2.40. The van der Waals surface area contributed by atoms with Crippen LogP contribution >= 0.6 is 15.9 Å². The average Bonchev–Trinajstić information content (AvgIpc) is 2.93. The van der Waals surface area contributed by atoms with Gasteiger partial charge in [0.1, 0.15) is 0 Å². The van der Waals surface area contributed by atoms with Crippen LogP contribution in [0.3, 0.4) is 0 Å². The van der Waals surface area contributed by atoms with E-state index >= 15 is 0 Å². The van der Waals surface area contributed by atoms with Crippen LogP contribution in [0.5, 0.6) is 0 Å². The predicted octanol–water partition coefficient (Wildman–Crippen LogP) is 2.36. The first-order valence-corrected chi connectivity index (χ1v) is 10.1. The molecule has 3 aliphatic rings. The first kappa shape index (κ1) is 17.2. The number of aromatic nitrogens is 2. The SMILES string of the molecule is O=C1N([C@H]2CC[C@H](O)CC2)CC[C@]12CCCN(c1ncc(Br)cn1)C2. The Morgan fingerprint density at radius 2 is 1.84 bits per heavy atom. The molecule has 0 aromatic carbocycles. The maximum Gasteiger partial charge on any atom is 0.230 e. The van der Waals surface area contributed by atoms with Gasteiger partial charge in [-0.25, -0.2) is 9.97 Å². The lowest BCUT2D eigenvalue weighted by Crippen LogP contribution is -2.50. The van der Waals surface area contributed by atoms with Crippen LogP contribution in [0.1, 0.15) is 44.9 Å². The van der Waals surface area contributed by atoms with Gasteiger partial charge in [-0.1, -0.05) is 0 Å². The molecule has 1 saturated carbocycles. The number of piperidine rings is 1. The molecule has 7 heteroatoms. The Hall–Kier alpha value is -1.21. The third-order valence-corrected chi connectivity index (χ3v) is 6.53. The molecule has 0 unspecified atom stereocenters. The Balaban J connectivity index is 1.48. The van der Waals surface area contributed by atoms with Gasteiger partial charge in [-0.3, -0.25) is 4.79 Å². The zero-order chi connectivity index (χ0) is 17.4. The third-order valence-electron chi connectivity index (χ3n) is 6.12. The largest absolute Gasteiger partial charge is 0.393 e. The molecule has 1 N–H and O–H groups in total. The van der Waals surface area contributed by atoms with Gasteiger partial charge in [0.15, 0.2) is 0 Å². The number of anilines is 1. The number of carbonyl (C=O) groups excluding carboxylic acids is 1. The fraction of sp³-hybridized carbons (Fsp3) is 0.722. The number of rotatable bonds is 2. The second-order valence-electron chi connectivity index (χ2n) is 7.72. The monoisotopic (exact) mass is 408 g/mol. The summed E-state index contributed by atoms with van der Waals surface area (Å²) >= 11 is 3.37. The predicted molar refractivity (Wildman–Crippen MR) is 98.2 cm³/mol. The zero-order valence-corrected chi connectivity index (χ0v) is 16.0. The first-order chi connectivity index (χ1) is 12.1. The maximum absolute atomic E-state index is 13.3. The molecule has 25 heavy (non-hydrogen) atoms. The van der Waals surface area contributed by atoms with Gasteiger partial charge in [0.25, 0.3) is 0 Å². The Kier molecular flexibility index (Phi) is 4.71. The number of amides is 1. The van der Waals surface area contributed by atoms with Crippen LogP contribution in [-0.4, -0.2) is 57.7 Å². The molecule has 0 bridgehead atoms. The average molecular weight is 409 g/mol. The van der Waals surface area contributed by atoms with Crippen LogP contribution in [0, 0.1) is 5.41 Å². The van der Waals surface area contributed by atoms with E-state index in [2.05, 4.69) is 35.7 Å². The number of hydrogen-bond acceptors (Lipinski definition) is 5. The lowest BCUT2D eigenvalue weighted by atomic mass is 9.78. The summed E-state index contributed by atoms with van der Waals surface area (Å²) in [5.74, 6) is 1.03. The molecular formula is C18H25BrN4O2. The zero-order valence-electron chi connectivity index (χ0n) is 14.4. The van der Waals surface area contributed by atoms with E-state index < -0.39 is 0 Å². The highest BCUT2D eigenvalue weighted by atomic mass is 79.9. The molecule has 1 atom stereocenters. The summed E-state index contributed by atoms with van der Waals surface area (Å²) in [6.45, 7) is 2.49. The molecule has 4 rings (SSSR count). The number of hydrogen-bond donors (Lipinski definition) is 1. The van der Waals surface area contributed by atoms with E-state index in [-0.39, 0.29) is 11.5 Å². The van der Waals surface area contributed by atoms with Crippen molar-refractivity contribution in [3.05, 3.63) is 16.9 Å². The van der Waals surface area contributed by atoms with Crippen LogP contribution in [-0.2, 0) is 4.79 Å². The minimum absolute atomic E-state index is 0.178. The highest BCUT2D eigenvalue weighted by molar-refractivity contribution is 9.10. The quantitative estimate of drug-likeness (QED) is 0.812. The van der Waals surface area contributed by atoms with Crippen LogP contribution in [0.25, 0.3) is 0 Å². The van der Waals surface area contributed by atoms with E-state index in [0.29, 0.717) is 17.9 Å². The minimum atomic E-state index is -0.273. The molecule has 3 fully saturated rings. The molecule has 6 nitrogen and oxygen atoms in total. The number of aliphatic hydroxyl groups is 1. The number of likely N-dealkylation sites (tertiary alicyclic amines) is 1. The van der Waals surface area contributed by atoms with Crippen LogP contribution < -0.4 is 4.90 Å². The van der Waals surface area contributed by atoms with E-state index in [1.54, 1.807) is 12.4 Å². The summed E-state index contributed by atoms with van der Waals surface area (Å²) in [6.07, 6.45) is 9.75. The fourth-order valence-electron chi connectivity index (χ4n) is 4.72. The van der Waals surface area contributed by atoms with Crippen molar-refractivity contribution in [1.82, 2.24) is 14.9 Å². The molecule has 136 valence electrons. The van der Waals surface area contributed by atoms with Gasteiger partial charge in [-0.05, 0) is 60.9 Å². The van der Waals surface area contributed by atoms with Crippen molar-refractivity contribution in [1.29, 1.82) is 0 Å². The van der Waals surface area contributed by atoms with Crippen molar-refractivity contribution >= 4 is 27.8 Å². The molecule has 1 spiro atoms. The summed E-state index contributed by atoms with van der Waals surface area (Å²) < 4.78 is 0.866. The summed E-state index contributed by atoms with van der Waals surface area (Å²) in [4.78, 5) is 26.4. The summed E-state index contributed by atoms with van der Waals surface area (Å²) in [7, 11) is 0. The van der Waals surface area contributed by atoms with Crippen LogP contribution in [0.4, 0.5) is 5.95 Å². The second kappa shape index (κ2) is 6.83. The molecule has 1 amide bonds. The minimum Gasteiger partial charge on any atom is -0.393 e. The molecule has 1 aromatic rings. The standard InChI is InChI=1S/C18H25BrN4O2/c19-13-10-20-17(21-11-13)22-8-1-6-18(12-22)7-9-23(16(18)25)14-2-4-15(24)5-3-14/h10-11,14-15,24H,1-9,12H2/t14-,15-,18-/m0/s1. The van der Waals surface area contributed by atoms with Crippen molar-refractivity contribution in [3.63, 3.8) is 0 Å². The van der Waals surface area contributed by atoms with Gasteiger partial charge in [-0.2, -0.15) is 0 Å². The van der Waals surface area contributed by atoms with Gasteiger partial charge < -0.3 is 14.9 Å². The summed E-state index contributed by atoms with van der Waals surface area (Å²) in [5.41, 5.74) is -0.273. The Bertz CT molecular complexity index is 632. The van der Waals surface area contributed by atoms with Gasteiger partial charge in [0, 0.05) is 38.1 Å². The number of halogens is 1. The van der Waals surface area contributed by atoms with E-state index in [4.69, 9.17) is 0 Å². The highest BCUT2D eigenvalue weighted by Gasteiger charge is 2.50. The summed E-state index contributed by atoms with van der Waals surface area (Å²) in [5, 5.41) is 9.73.